The molecule has 0 fully saturated rings. The highest BCUT2D eigenvalue weighted by Gasteiger charge is 2.04. The van der Waals surface area contributed by atoms with Gasteiger partial charge in [-0.25, -0.2) is 0 Å². The minimum atomic E-state index is -0.248. The van der Waals surface area contributed by atoms with Gasteiger partial charge in [0.15, 0.2) is 0 Å². The van der Waals surface area contributed by atoms with Crippen LogP contribution < -0.4 is 5.32 Å². The van der Waals surface area contributed by atoms with Crippen LogP contribution in [0.4, 0.5) is 0 Å². The van der Waals surface area contributed by atoms with E-state index in [2.05, 4.69) is 19.2 Å². The molecule has 0 rings (SSSR count). The Morgan fingerprint density at radius 3 is 2.38 bits per heavy atom. The van der Waals surface area contributed by atoms with Crippen molar-refractivity contribution in [2.24, 2.45) is 5.92 Å². The molecule has 80 valence electrons. The van der Waals surface area contributed by atoms with Gasteiger partial charge in [-0.3, -0.25) is 0 Å². The number of hydrogen-bond donors (Lipinski definition) is 2. The molecule has 0 aliphatic carbocycles. The van der Waals surface area contributed by atoms with Gasteiger partial charge in [-0.05, 0) is 33.0 Å². The Kier molecular flexibility index (Phi) is 7.23. The van der Waals surface area contributed by atoms with Crippen LogP contribution in [0, 0.1) is 5.92 Å². The minimum Gasteiger partial charge on any atom is -0.390 e. The molecule has 3 heteroatoms. The molecule has 1 unspecified atom stereocenters. The summed E-state index contributed by atoms with van der Waals surface area (Å²) in [6, 6.07) is 0. The van der Waals surface area contributed by atoms with Gasteiger partial charge in [-0.2, -0.15) is 0 Å². The van der Waals surface area contributed by atoms with Crippen LogP contribution in [0.2, 0.25) is 0 Å². The number of aliphatic hydroxyl groups is 1. The first kappa shape index (κ1) is 12.9. The Bertz CT molecular complexity index is 115. The first-order chi connectivity index (χ1) is 6.02. The van der Waals surface area contributed by atoms with E-state index in [9.17, 15) is 5.11 Å². The molecule has 13 heavy (non-hydrogen) atoms. The molecular formula is C10H24N2O. The molecule has 0 heterocycles. The van der Waals surface area contributed by atoms with Crippen LogP contribution in [-0.2, 0) is 0 Å². The zero-order chi connectivity index (χ0) is 10.3. The fourth-order valence-electron chi connectivity index (χ4n) is 1.15. The van der Waals surface area contributed by atoms with Crippen molar-refractivity contribution in [3.05, 3.63) is 0 Å². The predicted octanol–water partition coefficient (Wildman–Crippen LogP) is 0.545. The van der Waals surface area contributed by atoms with Crippen molar-refractivity contribution in [2.75, 3.05) is 33.7 Å². The summed E-state index contributed by atoms with van der Waals surface area (Å²) in [5.41, 5.74) is 0. The number of rotatable bonds is 7. The molecule has 0 aliphatic heterocycles. The summed E-state index contributed by atoms with van der Waals surface area (Å²) >= 11 is 0. The summed E-state index contributed by atoms with van der Waals surface area (Å²) in [6.45, 7) is 6.84. The standard InChI is InChI=1S/C10H24N2O/c1-9(2)5-6-11-7-10(13)8-12(3)4/h9-11,13H,5-8H2,1-4H3. The lowest BCUT2D eigenvalue weighted by atomic mass is 10.1. The topological polar surface area (TPSA) is 35.5 Å². The van der Waals surface area contributed by atoms with Gasteiger partial charge in [0.25, 0.3) is 0 Å². The smallest absolute Gasteiger partial charge is 0.0791 e. The normalized spacial score (nSPS) is 14.1. The lowest BCUT2D eigenvalue weighted by Crippen LogP contribution is -2.35. The molecule has 0 radical (unpaired) electrons. The van der Waals surface area contributed by atoms with Crippen molar-refractivity contribution in [3.8, 4) is 0 Å². The highest BCUT2D eigenvalue weighted by molar-refractivity contribution is 4.62. The Balaban J connectivity index is 3.22. The number of nitrogens with one attached hydrogen (secondary N) is 1. The first-order valence-corrected chi connectivity index (χ1v) is 5.06. The lowest BCUT2D eigenvalue weighted by molar-refractivity contribution is 0.134. The van der Waals surface area contributed by atoms with E-state index in [1.165, 1.54) is 6.42 Å². The van der Waals surface area contributed by atoms with E-state index in [4.69, 9.17) is 0 Å². The molecule has 0 aromatic rings. The molecule has 1 atom stereocenters. The van der Waals surface area contributed by atoms with E-state index in [1.54, 1.807) is 0 Å². The quantitative estimate of drug-likeness (QED) is 0.573. The maximum atomic E-state index is 9.48. The zero-order valence-electron chi connectivity index (χ0n) is 9.38. The average molecular weight is 188 g/mol. The van der Waals surface area contributed by atoms with Gasteiger partial charge < -0.3 is 15.3 Å². The summed E-state index contributed by atoms with van der Waals surface area (Å²) in [5, 5.41) is 12.7. The molecule has 0 spiro atoms. The van der Waals surface area contributed by atoms with Gasteiger partial charge in [0.1, 0.15) is 0 Å². The number of hydrogen-bond acceptors (Lipinski definition) is 3. The van der Waals surface area contributed by atoms with Crippen LogP contribution in [0.3, 0.4) is 0 Å². The van der Waals surface area contributed by atoms with Gasteiger partial charge >= 0.3 is 0 Å². The maximum absolute atomic E-state index is 9.48. The molecule has 0 bridgehead atoms. The van der Waals surface area contributed by atoms with E-state index in [-0.39, 0.29) is 6.10 Å². The van der Waals surface area contributed by atoms with Crippen LogP contribution in [0.1, 0.15) is 20.3 Å². The van der Waals surface area contributed by atoms with Gasteiger partial charge in [0.05, 0.1) is 6.10 Å². The zero-order valence-corrected chi connectivity index (χ0v) is 9.38. The van der Waals surface area contributed by atoms with Gasteiger partial charge in [-0.1, -0.05) is 13.8 Å². The van der Waals surface area contributed by atoms with Crippen LogP contribution in [0.25, 0.3) is 0 Å². The van der Waals surface area contributed by atoms with Crippen LogP contribution in [0.5, 0.6) is 0 Å². The molecule has 2 N–H and O–H groups in total. The van der Waals surface area contributed by atoms with Crippen LogP contribution in [-0.4, -0.2) is 49.8 Å². The van der Waals surface area contributed by atoms with E-state index in [0.717, 1.165) is 19.0 Å². The van der Waals surface area contributed by atoms with E-state index in [1.807, 2.05) is 19.0 Å². The van der Waals surface area contributed by atoms with Crippen molar-refractivity contribution in [3.63, 3.8) is 0 Å². The van der Waals surface area contributed by atoms with E-state index >= 15 is 0 Å². The van der Waals surface area contributed by atoms with Gasteiger partial charge in [0.2, 0.25) is 0 Å². The first-order valence-electron chi connectivity index (χ1n) is 5.06. The minimum absolute atomic E-state index is 0.248. The summed E-state index contributed by atoms with van der Waals surface area (Å²) in [5.74, 6) is 0.735. The maximum Gasteiger partial charge on any atom is 0.0791 e. The molecule has 3 nitrogen and oxygen atoms in total. The SMILES string of the molecule is CC(C)CCNCC(O)CN(C)C. The Hall–Kier alpha value is -0.120. The van der Waals surface area contributed by atoms with Crippen molar-refractivity contribution < 1.29 is 5.11 Å². The number of aliphatic hydroxyl groups excluding tert-OH is 1. The second kappa shape index (κ2) is 7.30. The van der Waals surface area contributed by atoms with Gasteiger partial charge in [-0.15, -0.1) is 0 Å². The lowest BCUT2D eigenvalue weighted by Gasteiger charge is -2.16. The summed E-state index contributed by atoms with van der Waals surface area (Å²) < 4.78 is 0. The predicted molar refractivity (Wildman–Crippen MR) is 56.9 cm³/mol. The molecule has 0 aliphatic rings. The third kappa shape index (κ3) is 9.80. The van der Waals surface area contributed by atoms with Crippen molar-refractivity contribution in [1.82, 2.24) is 10.2 Å². The molecule has 0 aromatic heterocycles. The molecule has 0 saturated heterocycles. The Labute approximate surface area is 82.1 Å². The highest BCUT2D eigenvalue weighted by Crippen LogP contribution is 1.96. The number of nitrogens with zero attached hydrogens (tertiary/aromatic N) is 1. The average Bonchev–Trinajstić information content (AvgIpc) is 1.96. The second-order valence-electron chi connectivity index (χ2n) is 4.30. The van der Waals surface area contributed by atoms with Crippen molar-refractivity contribution >= 4 is 0 Å². The van der Waals surface area contributed by atoms with E-state index in [0.29, 0.717) is 6.54 Å². The molecule has 0 saturated carbocycles. The van der Waals surface area contributed by atoms with Crippen LogP contribution >= 0.6 is 0 Å². The monoisotopic (exact) mass is 188 g/mol. The summed E-state index contributed by atoms with van der Waals surface area (Å²) in [7, 11) is 3.94. The third-order valence-corrected chi connectivity index (χ3v) is 1.85. The molecular weight excluding hydrogens is 164 g/mol. The second-order valence-corrected chi connectivity index (χ2v) is 4.30. The Morgan fingerprint density at radius 1 is 1.31 bits per heavy atom. The summed E-state index contributed by atoms with van der Waals surface area (Å²) in [4.78, 5) is 1.99. The van der Waals surface area contributed by atoms with Gasteiger partial charge in [0, 0.05) is 13.1 Å². The largest absolute Gasteiger partial charge is 0.390 e. The van der Waals surface area contributed by atoms with Crippen molar-refractivity contribution in [2.45, 2.75) is 26.4 Å². The van der Waals surface area contributed by atoms with Crippen LogP contribution in [0.15, 0.2) is 0 Å². The number of likely N-dealkylation sites (N-methyl/N-ethyl adjacent to an activating group) is 1. The third-order valence-electron chi connectivity index (χ3n) is 1.85. The molecule has 0 amide bonds. The fraction of sp³-hybridized carbons (Fsp3) is 1.00. The van der Waals surface area contributed by atoms with E-state index < -0.39 is 0 Å². The Morgan fingerprint density at radius 2 is 1.92 bits per heavy atom. The highest BCUT2D eigenvalue weighted by atomic mass is 16.3. The fourth-order valence-corrected chi connectivity index (χ4v) is 1.15. The molecule has 0 aromatic carbocycles. The van der Waals surface area contributed by atoms with Crippen molar-refractivity contribution in [1.29, 1.82) is 0 Å². The summed E-state index contributed by atoms with van der Waals surface area (Å²) in [6.07, 6.45) is 0.927.